The maximum atomic E-state index is 13.1. The fourth-order valence-electron chi connectivity index (χ4n) is 3.36. The molecule has 30 heavy (non-hydrogen) atoms. The Kier molecular flexibility index (Phi) is 5.45. The number of rotatable bonds is 6. The van der Waals surface area contributed by atoms with E-state index in [0.717, 1.165) is 5.39 Å². The highest BCUT2D eigenvalue weighted by atomic mass is 16.4. The third-order valence-electron chi connectivity index (χ3n) is 4.97. The lowest BCUT2D eigenvalue weighted by Gasteiger charge is -2.22. The number of aliphatic hydroxyl groups is 1. The van der Waals surface area contributed by atoms with Crippen LogP contribution in [0.3, 0.4) is 0 Å². The van der Waals surface area contributed by atoms with Crippen LogP contribution in [-0.2, 0) is 13.6 Å². The lowest BCUT2D eigenvalue weighted by Crippen LogP contribution is -2.34. The van der Waals surface area contributed by atoms with Crippen LogP contribution in [-0.4, -0.2) is 38.6 Å². The second-order valence-electron chi connectivity index (χ2n) is 6.97. The Labute approximate surface area is 172 Å². The Morgan fingerprint density at radius 1 is 1.17 bits per heavy atom. The van der Waals surface area contributed by atoms with Gasteiger partial charge >= 0.3 is 5.63 Å². The Hall–Kier alpha value is -3.71. The van der Waals surface area contributed by atoms with E-state index in [2.05, 4.69) is 4.98 Å². The Balaban J connectivity index is 1.68. The van der Waals surface area contributed by atoms with Gasteiger partial charge in [-0.1, -0.05) is 30.3 Å². The first-order valence-electron chi connectivity index (χ1n) is 9.56. The van der Waals surface area contributed by atoms with Gasteiger partial charge in [0.2, 0.25) is 0 Å². The first-order valence-corrected chi connectivity index (χ1v) is 9.56. The molecule has 0 radical (unpaired) electrons. The number of benzene rings is 2. The van der Waals surface area contributed by atoms with Gasteiger partial charge in [-0.25, -0.2) is 9.78 Å². The van der Waals surface area contributed by atoms with Gasteiger partial charge in [0.15, 0.2) is 0 Å². The molecule has 2 heterocycles. The molecule has 2 aromatic carbocycles. The van der Waals surface area contributed by atoms with Crippen molar-refractivity contribution in [2.45, 2.75) is 6.54 Å². The van der Waals surface area contributed by atoms with Crippen LogP contribution >= 0.6 is 0 Å². The lowest BCUT2D eigenvalue weighted by molar-refractivity contribution is 0.0701. The van der Waals surface area contributed by atoms with Crippen molar-refractivity contribution < 1.29 is 14.3 Å². The van der Waals surface area contributed by atoms with E-state index in [9.17, 15) is 14.7 Å². The van der Waals surface area contributed by atoms with E-state index in [0.29, 0.717) is 28.1 Å². The van der Waals surface area contributed by atoms with Crippen LogP contribution in [0.5, 0.6) is 0 Å². The predicted octanol–water partition coefficient (Wildman–Crippen LogP) is 2.83. The minimum atomic E-state index is -0.460. The molecule has 0 fully saturated rings. The molecule has 0 saturated heterocycles. The third kappa shape index (κ3) is 3.88. The number of aromatic nitrogens is 2. The summed E-state index contributed by atoms with van der Waals surface area (Å²) in [5, 5.41) is 10.2. The third-order valence-corrected chi connectivity index (χ3v) is 4.97. The van der Waals surface area contributed by atoms with Gasteiger partial charge < -0.3 is 19.0 Å². The zero-order valence-corrected chi connectivity index (χ0v) is 16.5. The van der Waals surface area contributed by atoms with Crippen LogP contribution in [0.25, 0.3) is 22.1 Å². The standard InChI is InChI=1S/C23H21N3O4/c1-25-10-9-24-21(25)15-26(11-12-27)22(28)18-7-4-6-16(13-18)19-14-17-5-2-3-8-20(17)30-23(19)29/h2-10,13-14,27H,11-12,15H2,1H3. The van der Waals surface area contributed by atoms with Crippen LogP contribution in [0.2, 0.25) is 0 Å². The molecule has 0 saturated carbocycles. The number of aryl methyl sites for hydroxylation is 1. The predicted molar refractivity (Wildman–Crippen MR) is 113 cm³/mol. The summed E-state index contributed by atoms with van der Waals surface area (Å²) in [7, 11) is 1.85. The van der Waals surface area contributed by atoms with Gasteiger partial charge in [-0.15, -0.1) is 0 Å². The average Bonchev–Trinajstić information content (AvgIpc) is 3.17. The maximum Gasteiger partial charge on any atom is 0.344 e. The van der Waals surface area contributed by atoms with Crippen LogP contribution < -0.4 is 5.63 Å². The van der Waals surface area contributed by atoms with Crippen molar-refractivity contribution in [3.63, 3.8) is 0 Å². The van der Waals surface area contributed by atoms with Gasteiger partial charge in [-0.05, 0) is 29.8 Å². The minimum Gasteiger partial charge on any atom is -0.422 e. The summed E-state index contributed by atoms with van der Waals surface area (Å²) in [6.45, 7) is 0.281. The Bertz CT molecular complexity index is 1260. The number of hydrogen-bond acceptors (Lipinski definition) is 5. The van der Waals surface area contributed by atoms with E-state index in [4.69, 9.17) is 4.42 Å². The van der Waals surface area contributed by atoms with Crippen molar-refractivity contribution in [3.05, 3.63) is 88.8 Å². The minimum absolute atomic E-state index is 0.163. The fraction of sp³-hybridized carbons (Fsp3) is 0.174. The summed E-state index contributed by atoms with van der Waals surface area (Å²) >= 11 is 0. The van der Waals surface area contributed by atoms with E-state index >= 15 is 0 Å². The number of aliphatic hydroxyl groups excluding tert-OH is 1. The SMILES string of the molecule is Cn1ccnc1CN(CCO)C(=O)c1cccc(-c2cc3ccccc3oc2=O)c1. The van der Waals surface area contributed by atoms with Crippen molar-refractivity contribution >= 4 is 16.9 Å². The summed E-state index contributed by atoms with van der Waals surface area (Å²) in [5.74, 6) is 0.460. The summed E-state index contributed by atoms with van der Waals surface area (Å²) in [6, 6.07) is 15.9. The molecule has 0 bridgehead atoms. The van der Waals surface area contributed by atoms with Gasteiger partial charge in [0.25, 0.3) is 5.91 Å². The molecule has 0 aliphatic rings. The molecule has 7 nitrogen and oxygen atoms in total. The molecule has 0 aliphatic carbocycles. The number of amides is 1. The summed E-state index contributed by atoms with van der Waals surface area (Å²) in [4.78, 5) is 31.4. The lowest BCUT2D eigenvalue weighted by atomic mass is 10.0. The normalized spacial score (nSPS) is 11.0. The van der Waals surface area contributed by atoms with Crippen molar-refractivity contribution in [2.24, 2.45) is 7.05 Å². The smallest absolute Gasteiger partial charge is 0.344 e. The van der Waals surface area contributed by atoms with Crippen molar-refractivity contribution in [1.82, 2.24) is 14.5 Å². The molecule has 7 heteroatoms. The molecule has 2 aromatic heterocycles. The van der Waals surface area contributed by atoms with E-state index < -0.39 is 5.63 Å². The second kappa shape index (κ2) is 8.34. The molecule has 1 amide bonds. The number of fused-ring (bicyclic) bond motifs is 1. The van der Waals surface area contributed by atoms with Gasteiger partial charge in [0.1, 0.15) is 11.4 Å². The Morgan fingerprint density at radius 2 is 2.00 bits per heavy atom. The first-order chi connectivity index (χ1) is 14.6. The zero-order valence-electron chi connectivity index (χ0n) is 16.5. The quantitative estimate of drug-likeness (QED) is 0.500. The van der Waals surface area contributed by atoms with Gasteiger partial charge in [0, 0.05) is 36.9 Å². The van der Waals surface area contributed by atoms with Crippen LogP contribution in [0.1, 0.15) is 16.2 Å². The van der Waals surface area contributed by atoms with Crippen molar-refractivity contribution in [3.8, 4) is 11.1 Å². The fourth-order valence-corrected chi connectivity index (χ4v) is 3.36. The van der Waals surface area contributed by atoms with Crippen LogP contribution in [0.4, 0.5) is 0 Å². The largest absolute Gasteiger partial charge is 0.422 e. The van der Waals surface area contributed by atoms with Gasteiger partial charge in [0.05, 0.1) is 18.7 Å². The molecule has 152 valence electrons. The van der Waals surface area contributed by atoms with E-state index in [1.54, 1.807) is 48.8 Å². The Morgan fingerprint density at radius 3 is 2.77 bits per heavy atom. The highest BCUT2D eigenvalue weighted by Crippen LogP contribution is 2.22. The highest BCUT2D eigenvalue weighted by Gasteiger charge is 2.19. The second-order valence-corrected chi connectivity index (χ2v) is 6.97. The number of carbonyl (C=O) groups excluding carboxylic acids is 1. The van der Waals surface area contributed by atoms with Crippen LogP contribution in [0.15, 0.2) is 76.2 Å². The number of nitrogens with zero attached hydrogens (tertiary/aromatic N) is 3. The molecular formula is C23H21N3O4. The number of carbonyl (C=O) groups is 1. The summed E-state index contributed by atoms with van der Waals surface area (Å²) in [5.41, 5.74) is 1.46. The number of hydrogen-bond donors (Lipinski definition) is 1. The van der Waals surface area contributed by atoms with Crippen molar-refractivity contribution in [1.29, 1.82) is 0 Å². The molecule has 0 spiro atoms. The molecule has 1 N–H and O–H groups in total. The maximum absolute atomic E-state index is 13.1. The molecule has 4 rings (SSSR count). The molecule has 0 aliphatic heterocycles. The molecule has 4 aromatic rings. The van der Waals surface area contributed by atoms with Gasteiger partial charge in [-0.3, -0.25) is 4.79 Å². The molecular weight excluding hydrogens is 382 g/mol. The topological polar surface area (TPSA) is 88.6 Å². The van der Waals surface area contributed by atoms with Crippen molar-refractivity contribution in [2.75, 3.05) is 13.2 Å². The van der Waals surface area contributed by atoms with E-state index in [1.165, 1.54) is 4.90 Å². The monoisotopic (exact) mass is 403 g/mol. The zero-order chi connectivity index (χ0) is 21.1. The van der Waals surface area contributed by atoms with Gasteiger partial charge in [-0.2, -0.15) is 0 Å². The summed E-state index contributed by atoms with van der Waals surface area (Å²) in [6.07, 6.45) is 3.47. The summed E-state index contributed by atoms with van der Waals surface area (Å²) < 4.78 is 7.25. The van der Waals surface area contributed by atoms with Crippen LogP contribution in [0, 0.1) is 0 Å². The van der Waals surface area contributed by atoms with E-state index in [1.807, 2.05) is 29.8 Å². The number of para-hydroxylation sites is 1. The number of imidazole rings is 1. The highest BCUT2D eigenvalue weighted by molar-refractivity contribution is 5.95. The first kappa shape index (κ1) is 19.6. The molecule has 0 unspecified atom stereocenters. The average molecular weight is 403 g/mol. The van der Waals surface area contributed by atoms with E-state index in [-0.39, 0.29) is 25.6 Å². The molecule has 0 atom stereocenters.